The number of rotatable bonds is 2. The minimum atomic E-state index is -0.164. The van der Waals surface area contributed by atoms with Crippen LogP contribution in [0.25, 0.3) is 0 Å². The first-order chi connectivity index (χ1) is 7.75. The van der Waals surface area contributed by atoms with Crippen LogP contribution in [0.2, 0.25) is 0 Å². The van der Waals surface area contributed by atoms with Gasteiger partial charge in [0.2, 0.25) is 5.91 Å². The molecule has 2 rings (SSSR count). The number of aliphatic hydroxyl groups excluding tert-OH is 1. The number of carbonyl (C=O) groups excluding carboxylic acids is 1. The summed E-state index contributed by atoms with van der Waals surface area (Å²) in [5.74, 6) is 0.0913. The van der Waals surface area contributed by atoms with E-state index in [2.05, 4.69) is 16.0 Å². The summed E-state index contributed by atoms with van der Waals surface area (Å²) in [5, 5.41) is 18.8. The van der Waals surface area contributed by atoms with Gasteiger partial charge in [-0.15, -0.1) is 0 Å². The summed E-state index contributed by atoms with van der Waals surface area (Å²) in [6, 6.07) is 0.153. The number of aliphatic hydroxyl groups is 1. The van der Waals surface area contributed by atoms with Crippen molar-refractivity contribution < 1.29 is 9.90 Å². The largest absolute Gasteiger partial charge is 0.393 e. The Morgan fingerprint density at radius 1 is 1.19 bits per heavy atom. The molecule has 1 amide bonds. The van der Waals surface area contributed by atoms with Crippen LogP contribution < -0.4 is 16.0 Å². The summed E-state index contributed by atoms with van der Waals surface area (Å²) in [6.45, 7) is 2.49. The van der Waals surface area contributed by atoms with Gasteiger partial charge >= 0.3 is 0 Å². The van der Waals surface area contributed by atoms with E-state index in [0.717, 1.165) is 38.8 Å². The SMILES string of the molecule is O=C(NC1CCC(O)CC1)C1CNCCN1. The van der Waals surface area contributed by atoms with E-state index in [1.54, 1.807) is 0 Å². The maximum Gasteiger partial charge on any atom is 0.238 e. The Morgan fingerprint density at radius 3 is 2.56 bits per heavy atom. The lowest BCUT2D eigenvalue weighted by molar-refractivity contribution is -0.124. The topological polar surface area (TPSA) is 73.4 Å². The lowest BCUT2D eigenvalue weighted by Gasteiger charge is -2.29. The Morgan fingerprint density at radius 2 is 1.94 bits per heavy atom. The second-order valence-electron chi connectivity index (χ2n) is 4.72. The zero-order valence-electron chi connectivity index (χ0n) is 9.54. The zero-order chi connectivity index (χ0) is 11.4. The lowest BCUT2D eigenvalue weighted by atomic mass is 9.93. The molecule has 1 saturated heterocycles. The fraction of sp³-hybridized carbons (Fsp3) is 0.909. The van der Waals surface area contributed by atoms with Crippen molar-refractivity contribution in [3.05, 3.63) is 0 Å². The van der Waals surface area contributed by atoms with E-state index in [4.69, 9.17) is 0 Å². The fourth-order valence-electron chi connectivity index (χ4n) is 2.36. The van der Waals surface area contributed by atoms with Crippen molar-refractivity contribution in [1.82, 2.24) is 16.0 Å². The van der Waals surface area contributed by atoms with Gasteiger partial charge in [0.05, 0.1) is 12.1 Å². The summed E-state index contributed by atoms with van der Waals surface area (Å²) in [4.78, 5) is 11.9. The molecule has 5 nitrogen and oxygen atoms in total. The minimum Gasteiger partial charge on any atom is -0.393 e. The van der Waals surface area contributed by atoms with Crippen LogP contribution in [0.1, 0.15) is 25.7 Å². The third-order valence-electron chi connectivity index (χ3n) is 3.40. The third kappa shape index (κ3) is 3.17. The van der Waals surface area contributed by atoms with E-state index in [1.165, 1.54) is 0 Å². The molecule has 0 aromatic rings. The molecule has 1 aliphatic carbocycles. The Balaban J connectivity index is 1.73. The molecule has 2 aliphatic rings. The van der Waals surface area contributed by atoms with E-state index in [0.29, 0.717) is 6.54 Å². The Bertz CT molecular complexity index is 233. The first kappa shape index (κ1) is 11.8. The molecule has 0 aromatic heterocycles. The van der Waals surface area contributed by atoms with E-state index in [1.807, 2.05) is 0 Å². The molecule has 1 saturated carbocycles. The smallest absolute Gasteiger partial charge is 0.238 e. The van der Waals surface area contributed by atoms with Crippen LogP contribution in [-0.2, 0) is 4.79 Å². The molecule has 1 aliphatic heterocycles. The number of carbonyl (C=O) groups is 1. The van der Waals surface area contributed by atoms with E-state index in [9.17, 15) is 9.90 Å². The van der Waals surface area contributed by atoms with Crippen molar-refractivity contribution in [3.63, 3.8) is 0 Å². The van der Waals surface area contributed by atoms with Gasteiger partial charge in [0.15, 0.2) is 0 Å². The molecule has 0 spiro atoms. The summed E-state index contributed by atoms with van der Waals surface area (Å²) in [7, 11) is 0. The van der Waals surface area contributed by atoms with Crippen molar-refractivity contribution in [2.75, 3.05) is 19.6 Å². The number of nitrogens with one attached hydrogen (secondary N) is 3. The van der Waals surface area contributed by atoms with E-state index < -0.39 is 0 Å². The quantitative estimate of drug-likeness (QED) is 0.486. The predicted molar refractivity (Wildman–Crippen MR) is 61.1 cm³/mol. The normalized spacial score (nSPS) is 35.7. The Kier molecular flexibility index (Phi) is 4.15. The fourth-order valence-corrected chi connectivity index (χ4v) is 2.36. The van der Waals surface area contributed by atoms with Gasteiger partial charge in [0, 0.05) is 25.7 Å². The molecule has 5 heteroatoms. The van der Waals surface area contributed by atoms with Crippen LogP contribution in [0, 0.1) is 0 Å². The summed E-state index contributed by atoms with van der Waals surface area (Å²) in [5.41, 5.74) is 0. The van der Waals surface area contributed by atoms with Crippen LogP contribution >= 0.6 is 0 Å². The van der Waals surface area contributed by atoms with Crippen molar-refractivity contribution >= 4 is 5.91 Å². The molecule has 92 valence electrons. The maximum absolute atomic E-state index is 11.9. The number of hydrogen-bond donors (Lipinski definition) is 4. The molecule has 16 heavy (non-hydrogen) atoms. The molecule has 0 aromatic carbocycles. The molecule has 1 unspecified atom stereocenters. The van der Waals surface area contributed by atoms with Crippen molar-refractivity contribution in [3.8, 4) is 0 Å². The van der Waals surface area contributed by atoms with Gasteiger partial charge < -0.3 is 21.1 Å². The second-order valence-corrected chi connectivity index (χ2v) is 4.72. The first-order valence-corrected chi connectivity index (χ1v) is 6.18. The van der Waals surface area contributed by atoms with Gasteiger partial charge in [0.25, 0.3) is 0 Å². The summed E-state index contributed by atoms with van der Waals surface area (Å²) < 4.78 is 0. The van der Waals surface area contributed by atoms with E-state index >= 15 is 0 Å². The molecule has 1 atom stereocenters. The Labute approximate surface area is 96.0 Å². The van der Waals surface area contributed by atoms with E-state index in [-0.39, 0.29) is 24.1 Å². The average molecular weight is 227 g/mol. The van der Waals surface area contributed by atoms with Crippen LogP contribution in [0.3, 0.4) is 0 Å². The monoisotopic (exact) mass is 227 g/mol. The highest BCUT2D eigenvalue weighted by Crippen LogP contribution is 2.18. The second kappa shape index (κ2) is 5.61. The predicted octanol–water partition coefficient (Wildman–Crippen LogP) is -1.03. The highest BCUT2D eigenvalue weighted by atomic mass is 16.3. The molecule has 0 radical (unpaired) electrons. The third-order valence-corrected chi connectivity index (χ3v) is 3.40. The van der Waals surface area contributed by atoms with Gasteiger partial charge in [-0.05, 0) is 25.7 Å². The standard InChI is InChI=1S/C11H21N3O2/c15-9-3-1-8(2-4-9)14-11(16)10-7-12-5-6-13-10/h8-10,12-13,15H,1-7H2,(H,14,16). The van der Waals surface area contributed by atoms with Crippen molar-refractivity contribution in [2.45, 2.75) is 43.9 Å². The molecule has 4 N–H and O–H groups in total. The highest BCUT2D eigenvalue weighted by Gasteiger charge is 2.25. The van der Waals surface area contributed by atoms with Crippen LogP contribution in [0.5, 0.6) is 0 Å². The average Bonchev–Trinajstić information content (AvgIpc) is 2.33. The summed E-state index contributed by atoms with van der Waals surface area (Å²) >= 11 is 0. The van der Waals surface area contributed by atoms with Gasteiger partial charge in [-0.25, -0.2) is 0 Å². The van der Waals surface area contributed by atoms with Crippen molar-refractivity contribution in [2.24, 2.45) is 0 Å². The van der Waals surface area contributed by atoms with Crippen LogP contribution in [-0.4, -0.2) is 48.8 Å². The van der Waals surface area contributed by atoms with Gasteiger partial charge in [0.1, 0.15) is 0 Å². The molecular formula is C11H21N3O2. The number of amides is 1. The number of hydrogen-bond acceptors (Lipinski definition) is 4. The number of piperazine rings is 1. The zero-order valence-corrected chi connectivity index (χ0v) is 9.54. The highest BCUT2D eigenvalue weighted by molar-refractivity contribution is 5.82. The minimum absolute atomic E-state index is 0.0913. The first-order valence-electron chi connectivity index (χ1n) is 6.18. The molecule has 0 bridgehead atoms. The van der Waals surface area contributed by atoms with Gasteiger partial charge in [-0.1, -0.05) is 0 Å². The molecule has 2 fully saturated rings. The van der Waals surface area contributed by atoms with Crippen LogP contribution in [0.4, 0.5) is 0 Å². The molecular weight excluding hydrogens is 206 g/mol. The maximum atomic E-state index is 11.9. The van der Waals surface area contributed by atoms with Gasteiger partial charge in [-0.2, -0.15) is 0 Å². The van der Waals surface area contributed by atoms with Crippen molar-refractivity contribution in [1.29, 1.82) is 0 Å². The van der Waals surface area contributed by atoms with Crippen LogP contribution in [0.15, 0.2) is 0 Å². The molecule has 1 heterocycles. The Hall–Kier alpha value is -0.650. The summed E-state index contributed by atoms with van der Waals surface area (Å²) in [6.07, 6.45) is 3.24. The van der Waals surface area contributed by atoms with Gasteiger partial charge in [-0.3, -0.25) is 4.79 Å². The lowest BCUT2D eigenvalue weighted by Crippen LogP contribution is -2.57.